The van der Waals surface area contributed by atoms with Crippen LogP contribution in [0.15, 0.2) is 18.2 Å². The number of aromatic nitrogens is 2. The van der Waals surface area contributed by atoms with Gasteiger partial charge in [-0.1, -0.05) is 32.5 Å². The van der Waals surface area contributed by atoms with E-state index in [0.29, 0.717) is 11.6 Å². The predicted molar refractivity (Wildman–Crippen MR) is 114 cm³/mol. The lowest BCUT2D eigenvalue weighted by Crippen LogP contribution is -2.27. The summed E-state index contributed by atoms with van der Waals surface area (Å²) in [7, 11) is 0. The van der Waals surface area contributed by atoms with Crippen LogP contribution in [0.1, 0.15) is 44.1 Å². The minimum absolute atomic E-state index is 0.0770. The maximum atomic E-state index is 13.6. The lowest BCUT2D eigenvalue weighted by molar-refractivity contribution is 0.269. The molecule has 1 N–H and O–H groups in total. The van der Waals surface area contributed by atoms with E-state index in [1.54, 1.807) is 12.1 Å². The van der Waals surface area contributed by atoms with Gasteiger partial charge in [-0.05, 0) is 55.9 Å². The van der Waals surface area contributed by atoms with Gasteiger partial charge in [-0.25, -0.2) is 14.4 Å². The fraction of sp³-hybridized carbons (Fsp3) is 0.476. The van der Waals surface area contributed by atoms with Gasteiger partial charge in [-0.15, -0.1) is 0 Å². The summed E-state index contributed by atoms with van der Waals surface area (Å²) in [5, 5.41) is 2.84. The molecule has 7 heteroatoms. The number of aryl methyl sites for hydroxylation is 3. The number of anilines is 3. The van der Waals surface area contributed by atoms with Gasteiger partial charge in [0.15, 0.2) is 0 Å². The zero-order valence-electron chi connectivity index (χ0n) is 17.1. The lowest BCUT2D eigenvalue weighted by Gasteiger charge is -2.30. The second-order valence-corrected chi connectivity index (χ2v) is 9.31. The molecule has 0 bridgehead atoms. The van der Waals surface area contributed by atoms with Crippen molar-refractivity contribution in [3.8, 4) is 0 Å². The van der Waals surface area contributed by atoms with Crippen molar-refractivity contribution in [3.05, 3.63) is 41.0 Å². The van der Waals surface area contributed by atoms with Crippen molar-refractivity contribution in [1.82, 2.24) is 9.97 Å². The number of hydrogen-bond acceptors (Lipinski definition) is 5. The highest BCUT2D eigenvalue weighted by Gasteiger charge is 2.23. The first-order valence-electron chi connectivity index (χ1n) is 9.49. The van der Waals surface area contributed by atoms with Crippen molar-refractivity contribution in [2.75, 3.05) is 22.5 Å². The zero-order valence-corrected chi connectivity index (χ0v) is 17.9. The highest BCUT2D eigenvalue weighted by Crippen LogP contribution is 2.33. The van der Waals surface area contributed by atoms with E-state index in [9.17, 15) is 9.18 Å². The molecule has 1 aliphatic rings. The third-order valence-corrected chi connectivity index (χ3v) is 5.90. The van der Waals surface area contributed by atoms with E-state index < -0.39 is 0 Å². The molecule has 0 atom stereocenters. The topological polar surface area (TPSA) is 58.1 Å². The number of fused-ring (bicyclic) bond motifs is 1. The summed E-state index contributed by atoms with van der Waals surface area (Å²) in [6.45, 7) is 10.8. The second-order valence-electron chi connectivity index (χ2n) is 8.36. The van der Waals surface area contributed by atoms with Crippen molar-refractivity contribution in [3.63, 3.8) is 0 Å². The van der Waals surface area contributed by atoms with Gasteiger partial charge in [-0.2, -0.15) is 0 Å². The molecule has 1 aliphatic heterocycles. The van der Waals surface area contributed by atoms with Crippen molar-refractivity contribution >= 4 is 34.3 Å². The number of carbonyl (C=O) groups excluding carboxylic acids is 1. The molecule has 5 nitrogen and oxygen atoms in total. The van der Waals surface area contributed by atoms with Crippen LogP contribution in [0.2, 0.25) is 0 Å². The maximum Gasteiger partial charge on any atom is 0.283 e. The summed E-state index contributed by atoms with van der Waals surface area (Å²) in [6, 6.07) is 4.84. The predicted octanol–water partition coefficient (Wildman–Crippen LogP) is 5.63. The summed E-state index contributed by atoms with van der Waals surface area (Å²) in [6.07, 6.45) is 1.76. The molecule has 2 aromatic rings. The summed E-state index contributed by atoms with van der Waals surface area (Å²) in [4.78, 5) is 23.6. The first-order chi connectivity index (χ1) is 13.1. The van der Waals surface area contributed by atoms with Gasteiger partial charge in [-0.3, -0.25) is 4.79 Å². The third kappa shape index (κ3) is 4.82. The Hall–Kier alpha value is -2.15. The van der Waals surface area contributed by atoms with Gasteiger partial charge >= 0.3 is 0 Å². The van der Waals surface area contributed by atoms with Crippen LogP contribution in [-0.2, 0) is 6.42 Å². The molecule has 0 fully saturated rings. The average molecular weight is 403 g/mol. The number of nitrogens with zero attached hydrogens (tertiary/aromatic N) is 3. The Morgan fingerprint density at radius 3 is 2.57 bits per heavy atom. The van der Waals surface area contributed by atoms with Crippen LogP contribution in [0.4, 0.5) is 26.5 Å². The molecule has 3 rings (SSSR count). The number of amides is 1. The first kappa shape index (κ1) is 20.6. The van der Waals surface area contributed by atoms with Crippen molar-refractivity contribution in [2.24, 2.45) is 5.41 Å². The number of carbonyl (C=O) groups is 1. The largest absolute Gasteiger partial charge is 0.314 e. The minimum atomic E-state index is -0.223. The van der Waals surface area contributed by atoms with Gasteiger partial charge < -0.3 is 10.2 Å². The number of hydrogen-bond donors (Lipinski definition) is 1. The number of rotatable bonds is 3. The van der Waals surface area contributed by atoms with Crippen molar-refractivity contribution < 1.29 is 9.18 Å². The fourth-order valence-electron chi connectivity index (χ4n) is 3.19. The average Bonchev–Trinajstić information content (AvgIpc) is 2.61. The zero-order chi connectivity index (χ0) is 20.5. The molecule has 0 radical (unpaired) electrons. The minimum Gasteiger partial charge on any atom is -0.314 e. The highest BCUT2D eigenvalue weighted by atomic mass is 32.2. The molecule has 0 saturated heterocycles. The molecule has 0 spiro atoms. The molecular formula is C21H27FN4OS. The molecule has 150 valence electrons. The smallest absolute Gasteiger partial charge is 0.283 e. The van der Waals surface area contributed by atoms with Gasteiger partial charge in [0.05, 0.1) is 17.1 Å². The molecule has 28 heavy (non-hydrogen) atoms. The second kappa shape index (κ2) is 8.07. The monoisotopic (exact) mass is 402 g/mol. The molecule has 0 unspecified atom stereocenters. The van der Waals surface area contributed by atoms with E-state index >= 15 is 0 Å². The van der Waals surface area contributed by atoms with E-state index in [1.807, 2.05) is 18.7 Å². The molecule has 0 saturated carbocycles. The van der Waals surface area contributed by atoms with Gasteiger partial charge in [0.2, 0.25) is 5.95 Å². The number of benzene rings is 1. The third-order valence-electron chi connectivity index (χ3n) is 4.52. The number of nitrogens with one attached hydrogen (secondary N) is 1. The Morgan fingerprint density at radius 2 is 1.93 bits per heavy atom. The summed E-state index contributed by atoms with van der Waals surface area (Å²) >= 11 is 1.27. The van der Waals surface area contributed by atoms with Crippen LogP contribution in [0.25, 0.3) is 0 Å². The van der Waals surface area contributed by atoms with E-state index in [4.69, 9.17) is 0 Å². The molecule has 1 aromatic heterocycles. The van der Waals surface area contributed by atoms with Crippen LogP contribution in [-0.4, -0.2) is 27.5 Å². The number of thioether (sulfide) groups is 1. The van der Waals surface area contributed by atoms with Crippen LogP contribution < -0.4 is 10.2 Å². The van der Waals surface area contributed by atoms with Gasteiger partial charge in [0.1, 0.15) is 5.82 Å². The summed E-state index contributed by atoms with van der Waals surface area (Å²) in [5.41, 5.74) is 4.10. The SMILES string of the molecule is Cc1nc(N2CCCc3cc(F)ccc32)nc(C)c1NC(=O)SCC(C)(C)C. The van der Waals surface area contributed by atoms with E-state index in [1.165, 1.54) is 17.8 Å². The van der Waals surface area contributed by atoms with Crippen molar-refractivity contribution in [1.29, 1.82) is 0 Å². The van der Waals surface area contributed by atoms with Gasteiger partial charge in [0.25, 0.3) is 5.24 Å². The standard InChI is InChI=1S/C21H27FN4OS/c1-13-18(25-20(27)28-12-21(3,4)5)14(2)24-19(23-13)26-10-6-7-15-11-16(22)8-9-17(15)26/h8-9,11H,6-7,10,12H2,1-5H3,(H,25,27). The van der Waals surface area contributed by atoms with Crippen LogP contribution in [0.5, 0.6) is 0 Å². The lowest BCUT2D eigenvalue weighted by atomic mass is 10.0. The summed E-state index contributed by atoms with van der Waals surface area (Å²) < 4.78 is 13.6. The molecule has 2 heterocycles. The Balaban J connectivity index is 1.82. The van der Waals surface area contributed by atoms with E-state index in [2.05, 4.69) is 36.1 Å². The summed E-state index contributed by atoms with van der Waals surface area (Å²) in [5.74, 6) is 1.10. The first-order valence-corrected chi connectivity index (χ1v) is 10.5. The Morgan fingerprint density at radius 1 is 1.25 bits per heavy atom. The molecule has 1 aromatic carbocycles. The maximum absolute atomic E-state index is 13.6. The molecule has 1 amide bonds. The van der Waals surface area contributed by atoms with Crippen molar-refractivity contribution in [2.45, 2.75) is 47.5 Å². The highest BCUT2D eigenvalue weighted by molar-refractivity contribution is 8.13. The van der Waals surface area contributed by atoms with E-state index in [-0.39, 0.29) is 16.5 Å². The fourth-order valence-corrected chi connectivity index (χ4v) is 3.93. The quantitative estimate of drug-likeness (QED) is 0.721. The van der Waals surface area contributed by atoms with Gasteiger partial charge in [0, 0.05) is 18.0 Å². The van der Waals surface area contributed by atoms with Crippen LogP contribution >= 0.6 is 11.8 Å². The van der Waals surface area contributed by atoms with Crippen LogP contribution in [0, 0.1) is 25.1 Å². The normalized spacial score (nSPS) is 14.0. The Bertz CT molecular complexity index is 871. The Kier molecular flexibility index (Phi) is 5.93. The molecule has 0 aliphatic carbocycles. The van der Waals surface area contributed by atoms with E-state index in [0.717, 1.165) is 47.8 Å². The molecular weight excluding hydrogens is 375 g/mol. The number of halogens is 1. The van der Waals surface area contributed by atoms with Crippen LogP contribution in [0.3, 0.4) is 0 Å². The Labute approximate surface area is 170 Å².